The highest BCUT2D eigenvalue weighted by Gasteiger charge is 2.43. The molecule has 0 bridgehead atoms. The van der Waals surface area contributed by atoms with Crippen molar-refractivity contribution in [3.05, 3.63) is 63.8 Å². The van der Waals surface area contributed by atoms with Gasteiger partial charge in [-0.1, -0.05) is 17.7 Å². The lowest BCUT2D eigenvalue weighted by Crippen LogP contribution is -2.47. The van der Waals surface area contributed by atoms with Crippen molar-refractivity contribution in [3.8, 4) is 6.07 Å². The van der Waals surface area contributed by atoms with Gasteiger partial charge in [0.1, 0.15) is 12.1 Å². The van der Waals surface area contributed by atoms with Crippen molar-refractivity contribution in [2.24, 2.45) is 0 Å². The maximum Gasteiger partial charge on any atom is 0.405 e. The van der Waals surface area contributed by atoms with E-state index in [2.05, 4.69) is 4.98 Å². The third-order valence-electron chi connectivity index (χ3n) is 5.13. The number of nitrogens with zero attached hydrogens (tertiary/aromatic N) is 1. The number of sulfonamides is 1. The molecule has 9 heteroatoms. The summed E-state index contributed by atoms with van der Waals surface area (Å²) in [5.74, 6) is 0. The predicted octanol–water partition coefficient (Wildman–Crippen LogP) is 4.73. The van der Waals surface area contributed by atoms with Gasteiger partial charge in [0.2, 0.25) is 10.0 Å². The molecule has 1 heterocycles. The van der Waals surface area contributed by atoms with Gasteiger partial charge in [0, 0.05) is 11.6 Å². The molecule has 1 atom stereocenters. The number of alkyl halides is 3. The number of H-pyrrole nitrogens is 1. The summed E-state index contributed by atoms with van der Waals surface area (Å²) in [4.78, 5) is 2.70. The van der Waals surface area contributed by atoms with E-state index in [4.69, 9.17) is 0 Å². The summed E-state index contributed by atoms with van der Waals surface area (Å²) in [7, 11) is -4.43. The number of aromatic amines is 1. The van der Waals surface area contributed by atoms with E-state index in [-0.39, 0.29) is 10.5 Å². The number of nitriles is 1. The van der Waals surface area contributed by atoms with Crippen molar-refractivity contribution >= 4 is 20.9 Å². The molecule has 3 rings (SSSR count). The molecule has 1 unspecified atom stereocenters. The minimum absolute atomic E-state index is 0.145. The van der Waals surface area contributed by atoms with E-state index in [1.807, 2.05) is 10.8 Å². The third kappa shape index (κ3) is 4.60. The lowest BCUT2D eigenvalue weighted by atomic mass is 10.0. The van der Waals surface area contributed by atoms with E-state index < -0.39 is 28.7 Å². The van der Waals surface area contributed by atoms with Crippen LogP contribution in [-0.4, -0.2) is 25.6 Å². The Balaban J connectivity index is 2.03. The molecule has 0 amide bonds. The Hall–Kier alpha value is -2.83. The summed E-state index contributed by atoms with van der Waals surface area (Å²) >= 11 is 0. The summed E-state index contributed by atoms with van der Waals surface area (Å²) in [6.07, 6.45) is -4.04. The molecule has 0 aliphatic heterocycles. The molecule has 0 fully saturated rings. The molecule has 5 nitrogen and oxygen atoms in total. The number of fused-ring (bicyclic) bond motifs is 1. The Morgan fingerprint density at radius 1 is 1.06 bits per heavy atom. The lowest BCUT2D eigenvalue weighted by molar-refractivity contribution is -0.150. The topological polar surface area (TPSA) is 85.8 Å². The molecule has 0 radical (unpaired) electrons. The summed E-state index contributed by atoms with van der Waals surface area (Å²) in [6.45, 7) is 6.65. The molecule has 31 heavy (non-hydrogen) atoms. The summed E-state index contributed by atoms with van der Waals surface area (Å²) in [6, 6.07) is 6.24. The van der Waals surface area contributed by atoms with Crippen LogP contribution in [0.1, 0.15) is 33.4 Å². The van der Waals surface area contributed by atoms with Crippen LogP contribution in [0.3, 0.4) is 0 Å². The summed E-state index contributed by atoms with van der Waals surface area (Å²) in [5.41, 5.74) is 3.33. The molecule has 164 valence electrons. The SMILES string of the molecule is Cc1cc(C)c(S(=O)(=O)NC(Cc2c[nH]c3c(C#N)cc(C)cc23)C(F)(F)F)c(C)c1. The van der Waals surface area contributed by atoms with Crippen LogP contribution in [0.5, 0.6) is 0 Å². The molecule has 0 aliphatic carbocycles. The van der Waals surface area contributed by atoms with Crippen LogP contribution in [-0.2, 0) is 16.4 Å². The van der Waals surface area contributed by atoms with E-state index >= 15 is 0 Å². The van der Waals surface area contributed by atoms with Gasteiger partial charge < -0.3 is 4.98 Å². The van der Waals surface area contributed by atoms with Crippen LogP contribution in [0, 0.1) is 39.0 Å². The largest absolute Gasteiger partial charge is 0.405 e. The van der Waals surface area contributed by atoms with Crippen molar-refractivity contribution in [3.63, 3.8) is 0 Å². The maximum atomic E-state index is 13.9. The average molecular weight is 449 g/mol. The van der Waals surface area contributed by atoms with Gasteiger partial charge >= 0.3 is 6.18 Å². The summed E-state index contributed by atoms with van der Waals surface area (Å²) < 4.78 is 69.3. The van der Waals surface area contributed by atoms with E-state index in [1.54, 1.807) is 52.0 Å². The highest BCUT2D eigenvalue weighted by atomic mass is 32.2. The Morgan fingerprint density at radius 3 is 2.19 bits per heavy atom. The highest BCUT2D eigenvalue weighted by molar-refractivity contribution is 7.89. The Bertz CT molecular complexity index is 1280. The Kier molecular flexibility index (Phi) is 5.91. The normalized spacial score (nSPS) is 13.4. The molecular formula is C22H22F3N3O2S. The first-order valence-electron chi connectivity index (χ1n) is 9.51. The molecule has 0 spiro atoms. The van der Waals surface area contributed by atoms with Gasteiger partial charge in [0.05, 0.1) is 16.0 Å². The standard InChI is InChI=1S/C22H22F3N3O2S/c1-12-5-14(3)21(15(4)6-12)31(29,30)28-19(22(23,24)25)9-17-11-27-20-16(10-26)7-13(2)8-18(17)20/h5-8,11,19,27-28H,9H2,1-4H3. The van der Waals surface area contributed by atoms with Crippen LogP contribution in [0.25, 0.3) is 10.9 Å². The third-order valence-corrected chi connectivity index (χ3v) is 6.91. The van der Waals surface area contributed by atoms with E-state index in [9.17, 15) is 26.9 Å². The second-order valence-corrected chi connectivity index (χ2v) is 9.46. The second kappa shape index (κ2) is 8.02. The number of halogens is 3. The average Bonchev–Trinajstić information content (AvgIpc) is 3.01. The van der Waals surface area contributed by atoms with E-state index in [1.165, 1.54) is 6.20 Å². The minimum atomic E-state index is -4.81. The monoisotopic (exact) mass is 449 g/mol. The first-order valence-corrected chi connectivity index (χ1v) is 11.0. The van der Waals surface area contributed by atoms with Gasteiger partial charge in [-0.25, -0.2) is 8.42 Å². The van der Waals surface area contributed by atoms with Crippen LogP contribution >= 0.6 is 0 Å². The zero-order valence-corrected chi connectivity index (χ0v) is 18.3. The molecule has 3 aromatic rings. The number of hydrogen-bond acceptors (Lipinski definition) is 3. The zero-order valence-electron chi connectivity index (χ0n) is 17.5. The molecule has 1 aromatic heterocycles. The highest BCUT2D eigenvalue weighted by Crippen LogP contribution is 2.30. The second-order valence-electron chi connectivity index (χ2n) is 7.81. The number of rotatable bonds is 5. The van der Waals surface area contributed by atoms with Crippen LogP contribution < -0.4 is 4.72 Å². The van der Waals surface area contributed by atoms with Gasteiger partial charge in [0.25, 0.3) is 0 Å². The maximum absolute atomic E-state index is 13.9. The van der Waals surface area contributed by atoms with Gasteiger partial charge in [-0.2, -0.15) is 23.2 Å². The first-order chi connectivity index (χ1) is 14.3. The molecule has 0 saturated carbocycles. The fraction of sp³-hybridized carbons (Fsp3) is 0.318. The molecule has 2 N–H and O–H groups in total. The lowest BCUT2D eigenvalue weighted by Gasteiger charge is -2.23. The number of aromatic nitrogens is 1. The van der Waals surface area contributed by atoms with Gasteiger partial charge in [-0.15, -0.1) is 0 Å². The van der Waals surface area contributed by atoms with E-state index in [0.29, 0.717) is 27.6 Å². The van der Waals surface area contributed by atoms with Gasteiger partial charge in [-0.3, -0.25) is 0 Å². The molecule has 0 saturated heterocycles. The quantitative estimate of drug-likeness (QED) is 0.591. The first kappa shape index (κ1) is 22.8. The fourth-order valence-electron chi connectivity index (χ4n) is 3.97. The van der Waals surface area contributed by atoms with Crippen molar-refractivity contribution in [1.29, 1.82) is 5.26 Å². The van der Waals surface area contributed by atoms with Crippen molar-refractivity contribution in [1.82, 2.24) is 9.71 Å². The summed E-state index contributed by atoms with van der Waals surface area (Å²) in [5, 5.41) is 9.75. The fourth-order valence-corrected chi connectivity index (χ4v) is 5.65. The van der Waals surface area contributed by atoms with Gasteiger partial charge in [0.15, 0.2) is 0 Å². The van der Waals surface area contributed by atoms with Crippen molar-refractivity contribution in [2.75, 3.05) is 0 Å². The minimum Gasteiger partial charge on any atom is -0.360 e. The predicted molar refractivity (Wildman–Crippen MR) is 112 cm³/mol. The van der Waals surface area contributed by atoms with Crippen molar-refractivity contribution < 1.29 is 21.6 Å². The van der Waals surface area contributed by atoms with Crippen LogP contribution in [0.15, 0.2) is 35.4 Å². The number of nitrogens with one attached hydrogen (secondary N) is 2. The Morgan fingerprint density at radius 2 is 1.65 bits per heavy atom. The Labute approximate surface area is 178 Å². The number of aryl methyl sites for hydroxylation is 4. The molecule has 2 aromatic carbocycles. The number of hydrogen-bond donors (Lipinski definition) is 2. The van der Waals surface area contributed by atoms with E-state index in [0.717, 1.165) is 11.1 Å². The van der Waals surface area contributed by atoms with Crippen LogP contribution in [0.4, 0.5) is 13.2 Å². The molecule has 0 aliphatic rings. The van der Waals surface area contributed by atoms with Gasteiger partial charge in [-0.05, 0) is 68.5 Å². The number of benzene rings is 2. The smallest absolute Gasteiger partial charge is 0.360 e. The van der Waals surface area contributed by atoms with Crippen molar-refractivity contribution in [2.45, 2.75) is 51.2 Å². The molecular weight excluding hydrogens is 427 g/mol. The zero-order chi connectivity index (χ0) is 23.1. The van der Waals surface area contributed by atoms with Crippen LogP contribution in [0.2, 0.25) is 0 Å².